The summed E-state index contributed by atoms with van der Waals surface area (Å²) in [5.74, 6) is -0.955. The Morgan fingerprint density at radius 3 is 2.25 bits per heavy atom. The van der Waals surface area contributed by atoms with Gasteiger partial charge >= 0.3 is 0 Å². The Labute approximate surface area is 160 Å². The van der Waals surface area contributed by atoms with Crippen LogP contribution in [0.15, 0.2) is 58.7 Å². The van der Waals surface area contributed by atoms with Crippen molar-refractivity contribution in [2.24, 2.45) is 27.4 Å². The molecule has 0 spiro atoms. The molecule has 0 saturated carbocycles. The van der Waals surface area contributed by atoms with Gasteiger partial charge in [-0.1, -0.05) is 6.07 Å². The minimum atomic E-state index is -0.525. The molecule has 0 radical (unpaired) electrons. The molecular weight excluding hydrogens is 358 g/mol. The van der Waals surface area contributed by atoms with Crippen LogP contribution >= 0.6 is 0 Å². The van der Waals surface area contributed by atoms with E-state index in [1.807, 2.05) is 18.2 Å². The third-order valence-electron chi connectivity index (χ3n) is 4.03. The Hall–Kier alpha value is -4.14. The number of primary amides is 1. The summed E-state index contributed by atoms with van der Waals surface area (Å²) in [5, 5.41) is 11.2. The lowest BCUT2D eigenvalue weighted by molar-refractivity contribution is 0.0998. The number of hydrogen-bond donors (Lipinski definition) is 5. The summed E-state index contributed by atoms with van der Waals surface area (Å²) >= 11 is 0. The first kappa shape index (κ1) is 18.6. The lowest BCUT2D eigenvalue weighted by Crippen LogP contribution is -2.22. The molecule has 0 fully saturated rings. The van der Waals surface area contributed by atoms with Gasteiger partial charge in [-0.15, -0.1) is 5.10 Å². The summed E-state index contributed by atoms with van der Waals surface area (Å²) in [5.41, 5.74) is 19.3. The van der Waals surface area contributed by atoms with Gasteiger partial charge < -0.3 is 27.5 Å². The van der Waals surface area contributed by atoms with Gasteiger partial charge in [-0.05, 0) is 55.0 Å². The Morgan fingerprint density at radius 1 is 0.929 bits per heavy atom. The number of fused-ring (bicyclic) bond motifs is 1. The van der Waals surface area contributed by atoms with E-state index in [0.717, 1.165) is 16.5 Å². The second-order valence-electron chi connectivity index (χ2n) is 6.09. The number of aromatic amines is 1. The fourth-order valence-corrected chi connectivity index (χ4v) is 2.59. The minimum Gasteiger partial charge on any atom is -0.369 e. The van der Waals surface area contributed by atoms with Crippen LogP contribution in [0.3, 0.4) is 0 Å². The van der Waals surface area contributed by atoms with Gasteiger partial charge in [-0.25, -0.2) is 0 Å². The van der Waals surface area contributed by atoms with E-state index in [1.54, 1.807) is 37.3 Å². The summed E-state index contributed by atoms with van der Waals surface area (Å²) in [4.78, 5) is 26.7. The number of carbonyl (C=O) groups excluding carboxylic acids is 2. The van der Waals surface area contributed by atoms with E-state index in [0.29, 0.717) is 22.7 Å². The zero-order valence-corrected chi connectivity index (χ0v) is 15.1. The third-order valence-corrected chi connectivity index (χ3v) is 4.03. The van der Waals surface area contributed by atoms with Gasteiger partial charge in [0.1, 0.15) is 5.69 Å². The first-order valence-corrected chi connectivity index (χ1v) is 8.31. The van der Waals surface area contributed by atoms with Gasteiger partial charge in [-0.3, -0.25) is 9.59 Å². The average molecular weight is 377 g/mol. The molecule has 1 aromatic heterocycles. The molecule has 0 aliphatic carbocycles. The number of nitrogens with zero attached hydrogens (tertiary/aromatic N) is 2. The van der Waals surface area contributed by atoms with E-state index in [1.165, 1.54) is 0 Å². The van der Waals surface area contributed by atoms with Crippen molar-refractivity contribution in [3.05, 3.63) is 65.4 Å². The van der Waals surface area contributed by atoms with Gasteiger partial charge in [0.25, 0.3) is 5.91 Å². The highest BCUT2D eigenvalue weighted by molar-refractivity contribution is 6.07. The number of hydrogen-bond acceptors (Lipinski definition) is 4. The topological polar surface area (TPSA) is 165 Å². The van der Waals surface area contributed by atoms with Crippen molar-refractivity contribution in [3.63, 3.8) is 0 Å². The number of aromatic nitrogens is 1. The van der Waals surface area contributed by atoms with Gasteiger partial charge in [0.2, 0.25) is 11.9 Å². The molecule has 9 heteroatoms. The molecule has 1 heterocycles. The molecule has 3 aromatic rings. The molecule has 28 heavy (non-hydrogen) atoms. The summed E-state index contributed by atoms with van der Waals surface area (Å²) in [6.07, 6.45) is 0. The molecule has 0 bridgehead atoms. The predicted octanol–water partition coefficient (Wildman–Crippen LogP) is 1.52. The predicted molar refractivity (Wildman–Crippen MR) is 109 cm³/mol. The fraction of sp³-hybridized carbons (Fsp3) is 0.0526. The SMILES string of the molecule is C/C(=N/N=C(N)N)c1ccc2[nH]c(C(=O)Nc3ccc(C(N)=O)cc3)cc2c1. The Bertz CT molecular complexity index is 1110. The maximum Gasteiger partial charge on any atom is 0.272 e. The molecule has 0 saturated heterocycles. The van der Waals surface area contributed by atoms with E-state index in [9.17, 15) is 9.59 Å². The standard InChI is InChI=1S/C19H19N7O2/c1-10(25-26-19(21)22)12-4-7-15-13(8-12)9-16(24-15)18(28)23-14-5-2-11(3-6-14)17(20)27/h2-9,24H,1H3,(H2,20,27)(H,23,28)(H4,21,22,26)/b25-10-. The van der Waals surface area contributed by atoms with E-state index >= 15 is 0 Å². The number of anilines is 1. The largest absolute Gasteiger partial charge is 0.369 e. The maximum absolute atomic E-state index is 12.5. The first-order chi connectivity index (χ1) is 13.3. The van der Waals surface area contributed by atoms with Crippen molar-refractivity contribution in [2.45, 2.75) is 6.92 Å². The van der Waals surface area contributed by atoms with Crippen LogP contribution in [-0.2, 0) is 0 Å². The first-order valence-electron chi connectivity index (χ1n) is 8.31. The maximum atomic E-state index is 12.5. The van der Waals surface area contributed by atoms with E-state index in [-0.39, 0.29) is 11.9 Å². The van der Waals surface area contributed by atoms with Crippen LogP contribution < -0.4 is 22.5 Å². The van der Waals surface area contributed by atoms with Crippen molar-refractivity contribution in [1.29, 1.82) is 0 Å². The van der Waals surface area contributed by atoms with Crippen molar-refractivity contribution in [3.8, 4) is 0 Å². The quantitative estimate of drug-likeness (QED) is 0.258. The second kappa shape index (κ2) is 7.62. The van der Waals surface area contributed by atoms with Crippen molar-refractivity contribution in [1.82, 2.24) is 4.98 Å². The molecule has 2 amide bonds. The van der Waals surface area contributed by atoms with Crippen LogP contribution in [0.2, 0.25) is 0 Å². The minimum absolute atomic E-state index is 0.120. The lowest BCUT2D eigenvalue weighted by atomic mass is 10.1. The number of nitrogens with two attached hydrogens (primary N) is 3. The molecule has 9 nitrogen and oxygen atoms in total. The van der Waals surface area contributed by atoms with Crippen LogP contribution in [0.1, 0.15) is 33.3 Å². The number of benzene rings is 2. The zero-order valence-electron chi connectivity index (χ0n) is 15.1. The molecule has 0 unspecified atom stereocenters. The summed E-state index contributed by atoms with van der Waals surface area (Å²) in [6, 6.07) is 13.6. The van der Waals surface area contributed by atoms with E-state index in [4.69, 9.17) is 17.2 Å². The highest BCUT2D eigenvalue weighted by Gasteiger charge is 2.11. The average Bonchev–Trinajstić information content (AvgIpc) is 3.10. The number of H-pyrrole nitrogens is 1. The fourth-order valence-electron chi connectivity index (χ4n) is 2.59. The van der Waals surface area contributed by atoms with Crippen molar-refractivity contribution < 1.29 is 9.59 Å². The Morgan fingerprint density at radius 2 is 1.61 bits per heavy atom. The zero-order chi connectivity index (χ0) is 20.3. The summed E-state index contributed by atoms with van der Waals surface area (Å²) in [6.45, 7) is 1.78. The normalized spacial score (nSPS) is 11.2. The molecule has 0 atom stereocenters. The van der Waals surface area contributed by atoms with Gasteiger partial charge in [0, 0.05) is 22.2 Å². The van der Waals surface area contributed by atoms with Crippen LogP contribution in [0, 0.1) is 0 Å². The third kappa shape index (κ3) is 4.15. The van der Waals surface area contributed by atoms with Gasteiger partial charge in [0.15, 0.2) is 0 Å². The molecule has 8 N–H and O–H groups in total. The number of guanidine groups is 1. The number of nitrogens with one attached hydrogen (secondary N) is 2. The molecule has 0 aliphatic rings. The van der Waals surface area contributed by atoms with Crippen molar-refractivity contribution >= 4 is 40.1 Å². The smallest absolute Gasteiger partial charge is 0.272 e. The number of rotatable bonds is 5. The molecule has 2 aromatic carbocycles. The molecule has 3 rings (SSSR count). The molecule has 142 valence electrons. The number of amides is 2. The molecular formula is C19H19N7O2. The van der Waals surface area contributed by atoms with Crippen molar-refractivity contribution in [2.75, 3.05) is 5.32 Å². The Kier molecular flexibility index (Phi) is 5.07. The lowest BCUT2D eigenvalue weighted by Gasteiger charge is -2.04. The number of carbonyl (C=O) groups is 2. The van der Waals surface area contributed by atoms with Gasteiger partial charge in [0.05, 0.1) is 5.71 Å². The second-order valence-corrected chi connectivity index (χ2v) is 6.09. The van der Waals surface area contributed by atoms with Crippen LogP contribution in [0.5, 0.6) is 0 Å². The summed E-state index contributed by atoms with van der Waals surface area (Å²) in [7, 11) is 0. The highest BCUT2D eigenvalue weighted by atomic mass is 16.2. The monoisotopic (exact) mass is 377 g/mol. The van der Waals surface area contributed by atoms with Crippen LogP contribution in [0.25, 0.3) is 10.9 Å². The van der Waals surface area contributed by atoms with Crippen LogP contribution in [-0.4, -0.2) is 28.5 Å². The van der Waals surface area contributed by atoms with Crippen LogP contribution in [0.4, 0.5) is 5.69 Å². The van der Waals surface area contributed by atoms with E-state index in [2.05, 4.69) is 20.5 Å². The van der Waals surface area contributed by atoms with Gasteiger partial charge in [-0.2, -0.15) is 5.10 Å². The highest BCUT2D eigenvalue weighted by Crippen LogP contribution is 2.19. The van der Waals surface area contributed by atoms with E-state index < -0.39 is 5.91 Å². The molecule has 0 aliphatic heterocycles. The summed E-state index contributed by atoms with van der Waals surface area (Å²) < 4.78 is 0. The Balaban J connectivity index is 1.81.